The molecule has 0 atom stereocenters. The zero-order valence-electron chi connectivity index (χ0n) is 10.6. The number of hydrogen-bond acceptors (Lipinski definition) is 1. The van der Waals surface area contributed by atoms with E-state index in [1.54, 1.807) is 0 Å². The van der Waals surface area contributed by atoms with Gasteiger partial charge >= 0.3 is 0 Å². The Balaban J connectivity index is 0.000000686. The van der Waals surface area contributed by atoms with E-state index in [2.05, 4.69) is 0 Å². The van der Waals surface area contributed by atoms with Gasteiger partial charge in [0.1, 0.15) is 0 Å². The number of carbonyl (C=O) groups excluding carboxylic acids is 1. The fourth-order valence-electron chi connectivity index (χ4n) is 1.46. The lowest BCUT2D eigenvalue weighted by Crippen LogP contribution is -2.00. The standard InChI is InChI=1S/C14H12O.C2H6/c1-11-7-9-13(10-8-11)14(15)12-5-3-2-4-6-12;1-2/h2-10H,1H3;1-2H3. The predicted molar refractivity (Wildman–Crippen MR) is 72.4 cm³/mol. The molecule has 0 saturated carbocycles. The van der Waals surface area contributed by atoms with Crippen molar-refractivity contribution in [2.24, 2.45) is 0 Å². The van der Waals surface area contributed by atoms with Crippen LogP contribution in [0.1, 0.15) is 35.3 Å². The maximum Gasteiger partial charge on any atom is 0.193 e. The van der Waals surface area contributed by atoms with Crippen LogP contribution in [0, 0.1) is 6.92 Å². The van der Waals surface area contributed by atoms with Gasteiger partial charge in [-0.05, 0) is 6.92 Å². The summed E-state index contributed by atoms with van der Waals surface area (Å²) in [6.07, 6.45) is 0. The normalized spacial score (nSPS) is 9.12. The molecule has 0 spiro atoms. The van der Waals surface area contributed by atoms with Crippen molar-refractivity contribution in [3.05, 3.63) is 71.3 Å². The molecule has 88 valence electrons. The third-order valence-corrected chi connectivity index (χ3v) is 2.35. The minimum Gasteiger partial charge on any atom is -0.289 e. The summed E-state index contributed by atoms with van der Waals surface area (Å²) in [5.41, 5.74) is 2.65. The van der Waals surface area contributed by atoms with Crippen LogP contribution in [0.25, 0.3) is 0 Å². The average molecular weight is 226 g/mol. The number of benzene rings is 2. The molecular formula is C16H18O. The summed E-state index contributed by atoms with van der Waals surface area (Å²) in [6, 6.07) is 17.0. The van der Waals surface area contributed by atoms with Crippen LogP contribution in [0.3, 0.4) is 0 Å². The first-order valence-electron chi connectivity index (χ1n) is 5.94. The van der Waals surface area contributed by atoms with E-state index in [0.29, 0.717) is 0 Å². The second-order valence-corrected chi connectivity index (χ2v) is 3.56. The van der Waals surface area contributed by atoms with Gasteiger partial charge in [-0.1, -0.05) is 74.0 Å². The van der Waals surface area contributed by atoms with Crippen LogP contribution in [-0.4, -0.2) is 5.78 Å². The molecule has 0 radical (unpaired) electrons. The summed E-state index contributed by atoms with van der Waals surface area (Å²) in [5, 5.41) is 0. The largest absolute Gasteiger partial charge is 0.289 e. The summed E-state index contributed by atoms with van der Waals surface area (Å²) >= 11 is 0. The van der Waals surface area contributed by atoms with Crippen molar-refractivity contribution in [1.29, 1.82) is 0 Å². The molecule has 0 aliphatic carbocycles. The smallest absolute Gasteiger partial charge is 0.193 e. The van der Waals surface area contributed by atoms with E-state index in [-0.39, 0.29) is 5.78 Å². The molecule has 0 heterocycles. The molecule has 0 aliphatic rings. The Morgan fingerprint density at radius 2 is 1.24 bits per heavy atom. The first-order valence-corrected chi connectivity index (χ1v) is 5.94. The first kappa shape index (κ1) is 13.2. The number of aryl methyl sites for hydroxylation is 1. The Morgan fingerprint density at radius 3 is 1.76 bits per heavy atom. The van der Waals surface area contributed by atoms with Crippen molar-refractivity contribution >= 4 is 5.78 Å². The molecular weight excluding hydrogens is 208 g/mol. The van der Waals surface area contributed by atoms with Crippen LogP contribution in [-0.2, 0) is 0 Å². The lowest BCUT2D eigenvalue weighted by Gasteiger charge is -2.00. The van der Waals surface area contributed by atoms with Gasteiger partial charge in [0.25, 0.3) is 0 Å². The predicted octanol–water partition coefficient (Wildman–Crippen LogP) is 4.25. The molecule has 0 aliphatic heterocycles. The van der Waals surface area contributed by atoms with Gasteiger partial charge in [-0.3, -0.25) is 4.79 Å². The van der Waals surface area contributed by atoms with E-state index in [0.717, 1.165) is 11.1 Å². The number of carbonyl (C=O) groups is 1. The van der Waals surface area contributed by atoms with E-state index in [9.17, 15) is 4.79 Å². The van der Waals surface area contributed by atoms with E-state index >= 15 is 0 Å². The van der Waals surface area contributed by atoms with Crippen LogP contribution >= 0.6 is 0 Å². The highest BCUT2D eigenvalue weighted by molar-refractivity contribution is 6.08. The van der Waals surface area contributed by atoms with Gasteiger partial charge in [-0.25, -0.2) is 0 Å². The van der Waals surface area contributed by atoms with Crippen molar-refractivity contribution in [3.63, 3.8) is 0 Å². The number of hydrogen-bond donors (Lipinski definition) is 0. The average Bonchev–Trinajstić information content (AvgIpc) is 2.42. The van der Waals surface area contributed by atoms with E-state index in [1.807, 2.05) is 75.4 Å². The zero-order chi connectivity index (χ0) is 12.7. The molecule has 2 rings (SSSR count). The minimum atomic E-state index is 0.0793. The zero-order valence-corrected chi connectivity index (χ0v) is 10.6. The fraction of sp³-hybridized carbons (Fsp3) is 0.188. The van der Waals surface area contributed by atoms with Crippen molar-refractivity contribution in [1.82, 2.24) is 0 Å². The summed E-state index contributed by atoms with van der Waals surface area (Å²) in [7, 11) is 0. The second kappa shape index (κ2) is 6.64. The van der Waals surface area contributed by atoms with Crippen LogP contribution in [0.15, 0.2) is 54.6 Å². The van der Waals surface area contributed by atoms with Crippen LogP contribution in [0.4, 0.5) is 0 Å². The van der Waals surface area contributed by atoms with Crippen molar-refractivity contribution < 1.29 is 4.79 Å². The highest BCUT2D eigenvalue weighted by Gasteiger charge is 2.06. The molecule has 0 saturated heterocycles. The van der Waals surface area contributed by atoms with E-state index in [1.165, 1.54) is 5.56 Å². The molecule has 1 heteroatoms. The molecule has 2 aromatic rings. The van der Waals surface area contributed by atoms with Gasteiger partial charge in [0.05, 0.1) is 0 Å². The van der Waals surface area contributed by atoms with E-state index in [4.69, 9.17) is 0 Å². The Labute approximate surface area is 103 Å². The van der Waals surface area contributed by atoms with Crippen LogP contribution in [0.5, 0.6) is 0 Å². The second-order valence-electron chi connectivity index (χ2n) is 3.56. The SMILES string of the molecule is CC.Cc1ccc(C(=O)c2ccccc2)cc1. The monoisotopic (exact) mass is 226 g/mol. The summed E-state index contributed by atoms with van der Waals surface area (Å²) in [5.74, 6) is 0.0793. The maximum atomic E-state index is 12.0. The lowest BCUT2D eigenvalue weighted by molar-refractivity contribution is 0.103. The quantitative estimate of drug-likeness (QED) is 0.699. The summed E-state index contributed by atoms with van der Waals surface area (Å²) < 4.78 is 0. The highest BCUT2D eigenvalue weighted by atomic mass is 16.1. The van der Waals surface area contributed by atoms with Crippen LogP contribution in [0.2, 0.25) is 0 Å². The molecule has 0 amide bonds. The van der Waals surface area contributed by atoms with Gasteiger partial charge in [-0.2, -0.15) is 0 Å². The topological polar surface area (TPSA) is 17.1 Å². The Hall–Kier alpha value is -1.89. The van der Waals surface area contributed by atoms with Crippen molar-refractivity contribution in [3.8, 4) is 0 Å². The molecule has 0 fully saturated rings. The Kier molecular flexibility index (Phi) is 5.15. The third kappa shape index (κ3) is 3.56. The third-order valence-electron chi connectivity index (χ3n) is 2.35. The first-order chi connectivity index (χ1) is 8.27. The molecule has 0 N–H and O–H groups in total. The van der Waals surface area contributed by atoms with Gasteiger partial charge in [0.2, 0.25) is 0 Å². The molecule has 1 nitrogen and oxygen atoms in total. The molecule has 0 unspecified atom stereocenters. The fourth-order valence-corrected chi connectivity index (χ4v) is 1.46. The lowest BCUT2D eigenvalue weighted by atomic mass is 10.0. The molecule has 17 heavy (non-hydrogen) atoms. The maximum absolute atomic E-state index is 12.0. The minimum absolute atomic E-state index is 0.0793. The molecule has 0 bridgehead atoms. The van der Waals surface area contributed by atoms with Gasteiger partial charge in [0.15, 0.2) is 5.78 Å². The number of ketones is 1. The van der Waals surface area contributed by atoms with Crippen LogP contribution < -0.4 is 0 Å². The van der Waals surface area contributed by atoms with Gasteiger partial charge < -0.3 is 0 Å². The number of rotatable bonds is 2. The Bertz CT molecular complexity index is 455. The van der Waals surface area contributed by atoms with Gasteiger partial charge in [-0.15, -0.1) is 0 Å². The highest BCUT2D eigenvalue weighted by Crippen LogP contribution is 2.10. The summed E-state index contributed by atoms with van der Waals surface area (Å²) in [4.78, 5) is 12.0. The van der Waals surface area contributed by atoms with E-state index < -0.39 is 0 Å². The van der Waals surface area contributed by atoms with Gasteiger partial charge in [0, 0.05) is 11.1 Å². The Morgan fingerprint density at radius 1 is 0.765 bits per heavy atom. The van der Waals surface area contributed by atoms with Crippen molar-refractivity contribution in [2.75, 3.05) is 0 Å². The van der Waals surface area contributed by atoms with Crippen molar-refractivity contribution in [2.45, 2.75) is 20.8 Å². The molecule has 2 aromatic carbocycles. The summed E-state index contributed by atoms with van der Waals surface area (Å²) in [6.45, 7) is 6.01. The molecule has 0 aromatic heterocycles.